The third-order valence-corrected chi connectivity index (χ3v) is 4.28. The van der Waals surface area contributed by atoms with Gasteiger partial charge in [-0.2, -0.15) is 0 Å². The molecular formula is C16H23NO. The Bertz CT molecular complexity index is 410. The molecule has 0 saturated heterocycles. The second-order valence-corrected chi connectivity index (χ2v) is 5.93. The summed E-state index contributed by atoms with van der Waals surface area (Å²) >= 11 is 0. The molecule has 2 rings (SSSR count). The van der Waals surface area contributed by atoms with Gasteiger partial charge < -0.3 is 5.73 Å². The number of carbonyl (C=O) groups excluding carboxylic acids is 1. The fourth-order valence-electron chi connectivity index (χ4n) is 2.63. The Kier molecular flexibility index (Phi) is 3.86. The molecule has 0 radical (unpaired) electrons. The molecule has 1 aromatic rings. The molecule has 18 heavy (non-hydrogen) atoms. The molecule has 0 aliphatic heterocycles. The van der Waals surface area contributed by atoms with Gasteiger partial charge in [0.05, 0.1) is 0 Å². The highest BCUT2D eigenvalue weighted by molar-refractivity contribution is 5.96. The van der Waals surface area contributed by atoms with Crippen molar-refractivity contribution in [1.82, 2.24) is 0 Å². The lowest BCUT2D eigenvalue weighted by Gasteiger charge is -2.40. The Morgan fingerprint density at radius 1 is 1.28 bits per heavy atom. The normalized spacial score (nSPS) is 17.6. The number of nitrogens with two attached hydrogens (primary N) is 1. The van der Waals surface area contributed by atoms with Crippen molar-refractivity contribution in [2.24, 2.45) is 11.1 Å². The molecule has 0 atom stereocenters. The van der Waals surface area contributed by atoms with Crippen LogP contribution in [0, 0.1) is 5.41 Å². The second kappa shape index (κ2) is 5.23. The van der Waals surface area contributed by atoms with Crippen LogP contribution in [-0.4, -0.2) is 12.3 Å². The third-order valence-electron chi connectivity index (χ3n) is 4.28. The smallest absolute Gasteiger partial charge is 0.163 e. The van der Waals surface area contributed by atoms with Gasteiger partial charge in [0, 0.05) is 12.0 Å². The van der Waals surface area contributed by atoms with E-state index in [2.05, 4.69) is 26.0 Å². The predicted octanol–water partition coefficient (Wildman–Crippen LogP) is 3.51. The zero-order valence-electron chi connectivity index (χ0n) is 11.4. The van der Waals surface area contributed by atoms with Crippen LogP contribution in [0.2, 0.25) is 0 Å². The first kappa shape index (κ1) is 13.3. The van der Waals surface area contributed by atoms with Crippen LogP contribution in [0.5, 0.6) is 0 Å². The quantitative estimate of drug-likeness (QED) is 0.807. The summed E-state index contributed by atoms with van der Waals surface area (Å²) in [5, 5.41) is 0. The first-order valence-corrected chi connectivity index (χ1v) is 6.89. The maximum atomic E-state index is 12.2. The van der Waals surface area contributed by atoms with Gasteiger partial charge in [-0.05, 0) is 36.3 Å². The minimum absolute atomic E-state index is 0.105. The molecule has 0 amide bonds. The molecule has 2 N–H and O–H groups in total. The minimum Gasteiger partial charge on any atom is -0.330 e. The average molecular weight is 245 g/mol. The summed E-state index contributed by atoms with van der Waals surface area (Å²) < 4.78 is 0. The van der Waals surface area contributed by atoms with Crippen molar-refractivity contribution in [3.05, 3.63) is 35.4 Å². The summed E-state index contributed by atoms with van der Waals surface area (Å²) in [6, 6.07) is 8.04. The first-order valence-electron chi connectivity index (χ1n) is 6.89. The van der Waals surface area contributed by atoms with Crippen molar-refractivity contribution < 1.29 is 4.79 Å². The Hall–Kier alpha value is -1.15. The number of hydrogen-bond donors (Lipinski definition) is 1. The molecule has 0 heterocycles. The summed E-state index contributed by atoms with van der Waals surface area (Å²) in [4.78, 5) is 12.2. The van der Waals surface area contributed by atoms with Crippen molar-refractivity contribution in [3.8, 4) is 0 Å². The van der Waals surface area contributed by atoms with E-state index in [0.29, 0.717) is 18.9 Å². The van der Waals surface area contributed by atoms with E-state index in [4.69, 9.17) is 5.73 Å². The fraction of sp³-hybridized carbons (Fsp3) is 0.562. The second-order valence-electron chi connectivity index (χ2n) is 5.93. The van der Waals surface area contributed by atoms with Gasteiger partial charge in [0.1, 0.15) is 0 Å². The van der Waals surface area contributed by atoms with Crippen LogP contribution in [0.25, 0.3) is 0 Å². The molecule has 1 aliphatic carbocycles. The SMILES string of the molecule is CC(C)c1ccc(C(=O)CC2(CN)CCC2)cc1. The Labute approximate surface area is 110 Å². The van der Waals surface area contributed by atoms with E-state index in [1.165, 1.54) is 12.0 Å². The zero-order chi connectivity index (χ0) is 13.2. The largest absolute Gasteiger partial charge is 0.330 e. The van der Waals surface area contributed by atoms with Gasteiger partial charge >= 0.3 is 0 Å². The van der Waals surface area contributed by atoms with Crippen molar-refractivity contribution in [2.75, 3.05) is 6.54 Å². The number of benzene rings is 1. The summed E-state index contributed by atoms with van der Waals surface area (Å²) in [7, 11) is 0. The lowest BCUT2D eigenvalue weighted by molar-refractivity contribution is 0.0786. The van der Waals surface area contributed by atoms with Gasteiger partial charge in [0.25, 0.3) is 0 Å². The lowest BCUT2D eigenvalue weighted by atomic mass is 9.65. The van der Waals surface area contributed by atoms with E-state index in [9.17, 15) is 4.79 Å². The molecule has 2 heteroatoms. The van der Waals surface area contributed by atoms with Crippen LogP contribution in [0.1, 0.15) is 61.4 Å². The fourth-order valence-corrected chi connectivity index (χ4v) is 2.63. The summed E-state index contributed by atoms with van der Waals surface area (Å²) in [5.41, 5.74) is 8.03. The third kappa shape index (κ3) is 2.64. The Balaban J connectivity index is 2.05. The van der Waals surface area contributed by atoms with Crippen LogP contribution in [0.4, 0.5) is 0 Å². The number of rotatable bonds is 5. The van der Waals surface area contributed by atoms with Crippen LogP contribution in [0.3, 0.4) is 0 Å². The van der Waals surface area contributed by atoms with E-state index in [1.54, 1.807) is 0 Å². The van der Waals surface area contributed by atoms with E-state index < -0.39 is 0 Å². The molecule has 0 bridgehead atoms. The Morgan fingerprint density at radius 2 is 1.89 bits per heavy atom. The lowest BCUT2D eigenvalue weighted by Crippen LogP contribution is -2.39. The molecule has 98 valence electrons. The monoisotopic (exact) mass is 245 g/mol. The highest BCUT2D eigenvalue weighted by Gasteiger charge is 2.37. The van der Waals surface area contributed by atoms with Gasteiger partial charge in [-0.3, -0.25) is 4.79 Å². The van der Waals surface area contributed by atoms with Gasteiger partial charge in [-0.15, -0.1) is 0 Å². The highest BCUT2D eigenvalue weighted by atomic mass is 16.1. The highest BCUT2D eigenvalue weighted by Crippen LogP contribution is 2.43. The maximum absolute atomic E-state index is 12.2. The number of ketones is 1. The standard InChI is InChI=1S/C16H23NO/c1-12(2)13-4-6-14(7-5-13)15(18)10-16(11-17)8-3-9-16/h4-7,12H,3,8-11,17H2,1-2H3. The van der Waals surface area contributed by atoms with Crippen LogP contribution >= 0.6 is 0 Å². The predicted molar refractivity (Wildman–Crippen MR) is 74.8 cm³/mol. The molecular weight excluding hydrogens is 222 g/mol. The number of hydrogen-bond acceptors (Lipinski definition) is 2. The van der Waals surface area contributed by atoms with Crippen molar-refractivity contribution >= 4 is 5.78 Å². The number of carbonyl (C=O) groups is 1. The van der Waals surface area contributed by atoms with E-state index in [-0.39, 0.29) is 11.2 Å². The van der Waals surface area contributed by atoms with E-state index in [0.717, 1.165) is 18.4 Å². The molecule has 1 aromatic carbocycles. The molecule has 0 spiro atoms. The van der Waals surface area contributed by atoms with E-state index >= 15 is 0 Å². The average Bonchev–Trinajstić information content (AvgIpc) is 2.33. The van der Waals surface area contributed by atoms with Crippen molar-refractivity contribution in [1.29, 1.82) is 0 Å². The molecule has 2 nitrogen and oxygen atoms in total. The van der Waals surface area contributed by atoms with Crippen molar-refractivity contribution in [3.63, 3.8) is 0 Å². The topological polar surface area (TPSA) is 43.1 Å². The first-order chi connectivity index (χ1) is 8.56. The zero-order valence-corrected chi connectivity index (χ0v) is 11.4. The van der Waals surface area contributed by atoms with E-state index in [1.807, 2.05) is 12.1 Å². The van der Waals surface area contributed by atoms with Crippen LogP contribution < -0.4 is 5.73 Å². The molecule has 1 aliphatic rings. The Morgan fingerprint density at radius 3 is 2.28 bits per heavy atom. The van der Waals surface area contributed by atoms with Crippen molar-refractivity contribution in [2.45, 2.75) is 45.4 Å². The molecule has 0 unspecified atom stereocenters. The summed E-state index contributed by atoms with van der Waals surface area (Å²) in [6.07, 6.45) is 4.06. The molecule has 0 aromatic heterocycles. The van der Waals surface area contributed by atoms with Crippen LogP contribution in [-0.2, 0) is 0 Å². The minimum atomic E-state index is 0.105. The van der Waals surface area contributed by atoms with Gasteiger partial charge in [0.15, 0.2) is 5.78 Å². The van der Waals surface area contributed by atoms with Gasteiger partial charge in [0.2, 0.25) is 0 Å². The van der Waals surface area contributed by atoms with Gasteiger partial charge in [-0.25, -0.2) is 0 Å². The molecule has 1 saturated carbocycles. The van der Waals surface area contributed by atoms with Gasteiger partial charge in [-0.1, -0.05) is 44.5 Å². The number of Topliss-reactive ketones (excluding diaryl/α,β-unsaturated/α-hetero) is 1. The molecule has 1 fully saturated rings. The summed E-state index contributed by atoms with van der Waals surface area (Å²) in [5.74, 6) is 0.756. The maximum Gasteiger partial charge on any atom is 0.163 e. The van der Waals surface area contributed by atoms with Crippen LogP contribution in [0.15, 0.2) is 24.3 Å². The summed E-state index contributed by atoms with van der Waals surface area (Å²) in [6.45, 7) is 4.96.